The van der Waals surface area contributed by atoms with E-state index >= 15 is 0 Å². The summed E-state index contributed by atoms with van der Waals surface area (Å²) in [6.07, 6.45) is 1.93. The topological polar surface area (TPSA) is 87.0 Å². The molecule has 0 atom stereocenters. The number of fused-ring (bicyclic) bond motifs is 1. The Labute approximate surface area is 175 Å². The van der Waals surface area contributed by atoms with Crippen LogP contribution in [0.3, 0.4) is 0 Å². The van der Waals surface area contributed by atoms with E-state index in [1.807, 2.05) is 12.3 Å². The predicted molar refractivity (Wildman–Crippen MR) is 111 cm³/mol. The Hall–Kier alpha value is -2.91. The van der Waals surface area contributed by atoms with Crippen LogP contribution in [0.2, 0.25) is 0 Å². The number of carbonyl (C=O) groups excluding carboxylic acids is 3. The standard InChI is InChI=1S/C20H18N2O5S2/c1-26-17(23)11-22-15-8-7-13(19(25)27-2)10-16(15)29-20(22)21-18(24)12-5-4-6-14(9-12)28-3/h4-10H,11H2,1-3H3. The van der Waals surface area contributed by atoms with E-state index in [1.54, 1.807) is 41.0 Å². The molecular formula is C20H18N2O5S2. The lowest BCUT2D eigenvalue weighted by Gasteiger charge is -2.04. The minimum absolute atomic E-state index is 0.106. The van der Waals surface area contributed by atoms with Crippen LogP contribution in [0, 0.1) is 0 Å². The highest BCUT2D eigenvalue weighted by atomic mass is 32.2. The van der Waals surface area contributed by atoms with Crippen LogP contribution < -0.4 is 4.80 Å². The van der Waals surface area contributed by atoms with Crippen molar-refractivity contribution in [3.63, 3.8) is 0 Å². The summed E-state index contributed by atoms with van der Waals surface area (Å²) in [5.41, 5.74) is 1.49. The Morgan fingerprint density at radius 2 is 1.86 bits per heavy atom. The van der Waals surface area contributed by atoms with Gasteiger partial charge in [-0.1, -0.05) is 17.4 Å². The number of rotatable bonds is 5. The summed E-state index contributed by atoms with van der Waals surface area (Å²) in [5, 5.41) is 0. The van der Waals surface area contributed by atoms with Crippen LogP contribution in [0.5, 0.6) is 0 Å². The van der Waals surface area contributed by atoms with Crippen molar-refractivity contribution < 1.29 is 23.9 Å². The van der Waals surface area contributed by atoms with Gasteiger partial charge in [0.05, 0.1) is 30.0 Å². The molecule has 0 saturated heterocycles. The molecule has 0 N–H and O–H groups in total. The SMILES string of the molecule is COC(=O)Cn1c(=NC(=O)c2cccc(SC)c2)sc2cc(C(=O)OC)ccc21. The molecule has 1 amide bonds. The highest BCUT2D eigenvalue weighted by molar-refractivity contribution is 7.98. The molecule has 0 aliphatic carbocycles. The Bertz CT molecular complexity index is 1160. The molecule has 0 fully saturated rings. The fourth-order valence-corrected chi connectivity index (χ4v) is 4.18. The van der Waals surface area contributed by atoms with Crippen LogP contribution in [0.15, 0.2) is 52.4 Å². The molecule has 9 heteroatoms. The number of hydrogen-bond acceptors (Lipinski definition) is 7. The van der Waals surface area contributed by atoms with E-state index in [9.17, 15) is 14.4 Å². The molecule has 2 aromatic carbocycles. The van der Waals surface area contributed by atoms with Crippen LogP contribution in [0.4, 0.5) is 0 Å². The number of ether oxygens (including phenoxy) is 2. The number of hydrogen-bond donors (Lipinski definition) is 0. The molecule has 0 aliphatic rings. The molecule has 29 heavy (non-hydrogen) atoms. The average Bonchev–Trinajstić information content (AvgIpc) is 3.08. The van der Waals surface area contributed by atoms with Gasteiger partial charge in [0.15, 0.2) is 4.80 Å². The van der Waals surface area contributed by atoms with Gasteiger partial charge in [0, 0.05) is 10.5 Å². The minimum atomic E-state index is -0.472. The first-order chi connectivity index (χ1) is 14.0. The van der Waals surface area contributed by atoms with Crippen molar-refractivity contribution in [2.24, 2.45) is 4.99 Å². The molecule has 0 saturated carbocycles. The quantitative estimate of drug-likeness (QED) is 0.457. The van der Waals surface area contributed by atoms with Crippen molar-refractivity contribution in [1.82, 2.24) is 4.57 Å². The maximum Gasteiger partial charge on any atom is 0.337 e. The molecule has 0 spiro atoms. The third-order valence-corrected chi connectivity index (χ3v) is 5.90. The Morgan fingerprint density at radius 3 is 2.55 bits per heavy atom. The molecule has 0 radical (unpaired) electrons. The number of carbonyl (C=O) groups is 3. The van der Waals surface area contributed by atoms with Gasteiger partial charge in [-0.25, -0.2) is 4.79 Å². The summed E-state index contributed by atoms with van der Waals surface area (Å²) in [7, 11) is 2.60. The van der Waals surface area contributed by atoms with Gasteiger partial charge in [0.25, 0.3) is 5.91 Å². The number of thiazole rings is 1. The fourth-order valence-electron chi connectivity index (χ4n) is 2.66. The number of nitrogens with zero attached hydrogens (tertiary/aromatic N) is 2. The van der Waals surface area contributed by atoms with E-state index in [4.69, 9.17) is 9.47 Å². The van der Waals surface area contributed by atoms with Gasteiger partial charge in [-0.15, -0.1) is 11.8 Å². The van der Waals surface area contributed by atoms with E-state index in [-0.39, 0.29) is 6.54 Å². The summed E-state index contributed by atoms with van der Waals surface area (Å²) in [6, 6.07) is 12.1. The first kappa shape index (κ1) is 20.8. The van der Waals surface area contributed by atoms with Crippen LogP contribution >= 0.6 is 23.1 Å². The van der Waals surface area contributed by atoms with Gasteiger partial charge in [-0.2, -0.15) is 4.99 Å². The maximum atomic E-state index is 12.7. The molecule has 1 aromatic heterocycles. The molecule has 0 unspecified atom stereocenters. The Balaban J connectivity index is 2.14. The first-order valence-electron chi connectivity index (χ1n) is 8.48. The largest absolute Gasteiger partial charge is 0.468 e. The Morgan fingerprint density at radius 1 is 1.07 bits per heavy atom. The van der Waals surface area contributed by atoms with Gasteiger partial charge in [0.2, 0.25) is 0 Å². The first-order valence-corrected chi connectivity index (χ1v) is 10.5. The molecule has 150 valence electrons. The normalized spacial score (nSPS) is 11.5. The summed E-state index contributed by atoms with van der Waals surface area (Å²) in [5.74, 6) is -1.36. The highest BCUT2D eigenvalue weighted by Gasteiger charge is 2.15. The van der Waals surface area contributed by atoms with Gasteiger partial charge in [-0.05, 0) is 42.7 Å². The number of esters is 2. The van der Waals surface area contributed by atoms with Crippen molar-refractivity contribution in [3.8, 4) is 0 Å². The summed E-state index contributed by atoms with van der Waals surface area (Å²) in [4.78, 5) is 42.0. The number of aromatic nitrogens is 1. The second-order valence-electron chi connectivity index (χ2n) is 5.87. The van der Waals surface area contributed by atoms with Crippen LogP contribution in [0.25, 0.3) is 10.2 Å². The minimum Gasteiger partial charge on any atom is -0.468 e. The zero-order chi connectivity index (χ0) is 21.0. The van der Waals surface area contributed by atoms with Gasteiger partial charge >= 0.3 is 11.9 Å². The molecule has 7 nitrogen and oxygen atoms in total. The molecule has 3 rings (SSSR count). The van der Waals surface area contributed by atoms with Gasteiger partial charge in [0.1, 0.15) is 6.54 Å². The molecule has 3 aromatic rings. The third kappa shape index (κ3) is 4.57. The molecular weight excluding hydrogens is 412 g/mol. The zero-order valence-electron chi connectivity index (χ0n) is 16.0. The third-order valence-electron chi connectivity index (χ3n) is 4.13. The maximum absolute atomic E-state index is 12.7. The highest BCUT2D eigenvalue weighted by Crippen LogP contribution is 2.21. The number of methoxy groups -OCH3 is 2. The Kier molecular flexibility index (Phi) is 6.50. The fraction of sp³-hybridized carbons (Fsp3) is 0.200. The van der Waals surface area contributed by atoms with Crippen LogP contribution in [-0.2, 0) is 20.8 Å². The molecule has 0 bridgehead atoms. The number of benzene rings is 2. The average molecular weight is 431 g/mol. The van der Waals surface area contributed by atoms with Crippen molar-refractivity contribution in [2.45, 2.75) is 11.4 Å². The summed E-state index contributed by atoms with van der Waals surface area (Å²) >= 11 is 2.74. The van der Waals surface area contributed by atoms with Gasteiger partial charge in [-0.3, -0.25) is 9.59 Å². The van der Waals surface area contributed by atoms with E-state index < -0.39 is 17.8 Å². The predicted octanol–water partition coefficient (Wildman–Crippen LogP) is 3.13. The monoisotopic (exact) mass is 430 g/mol. The lowest BCUT2D eigenvalue weighted by molar-refractivity contribution is -0.141. The van der Waals surface area contributed by atoms with Crippen LogP contribution in [0.1, 0.15) is 20.7 Å². The van der Waals surface area contributed by atoms with Crippen LogP contribution in [-0.4, -0.2) is 42.9 Å². The second-order valence-corrected chi connectivity index (χ2v) is 7.76. The van der Waals surface area contributed by atoms with E-state index in [1.165, 1.54) is 37.3 Å². The number of amides is 1. The van der Waals surface area contributed by atoms with E-state index in [2.05, 4.69) is 4.99 Å². The number of thioether (sulfide) groups is 1. The lowest BCUT2D eigenvalue weighted by Crippen LogP contribution is -2.22. The molecule has 0 aliphatic heterocycles. The van der Waals surface area contributed by atoms with E-state index in [0.717, 1.165) is 4.90 Å². The van der Waals surface area contributed by atoms with Crippen molar-refractivity contribution >= 4 is 51.2 Å². The van der Waals surface area contributed by atoms with Crippen molar-refractivity contribution in [2.75, 3.05) is 20.5 Å². The smallest absolute Gasteiger partial charge is 0.337 e. The van der Waals surface area contributed by atoms with Crippen molar-refractivity contribution in [3.05, 3.63) is 58.4 Å². The molecule has 1 heterocycles. The summed E-state index contributed by atoms with van der Waals surface area (Å²) in [6.45, 7) is -0.106. The summed E-state index contributed by atoms with van der Waals surface area (Å²) < 4.78 is 11.8. The van der Waals surface area contributed by atoms with E-state index in [0.29, 0.717) is 26.1 Å². The lowest BCUT2D eigenvalue weighted by atomic mass is 10.2. The zero-order valence-corrected chi connectivity index (χ0v) is 17.6. The second kappa shape index (κ2) is 9.06. The van der Waals surface area contributed by atoms with Gasteiger partial charge < -0.3 is 14.0 Å². The van der Waals surface area contributed by atoms with Crippen molar-refractivity contribution in [1.29, 1.82) is 0 Å².